The van der Waals surface area contributed by atoms with Crippen LogP contribution in [0.2, 0.25) is 0 Å². The van der Waals surface area contributed by atoms with E-state index in [1.807, 2.05) is 6.07 Å². The maximum absolute atomic E-state index is 12.4. The first-order valence-corrected chi connectivity index (χ1v) is 9.80. The highest BCUT2D eigenvalue weighted by atomic mass is 32.2. The summed E-state index contributed by atoms with van der Waals surface area (Å²) in [7, 11) is -4.04. The molecular formula is C13H20N2O4S2. The van der Waals surface area contributed by atoms with Crippen molar-refractivity contribution < 1.29 is 16.8 Å². The third-order valence-electron chi connectivity index (χ3n) is 3.66. The minimum atomic E-state index is -3.58. The molecule has 0 unspecified atom stereocenters. The summed E-state index contributed by atoms with van der Waals surface area (Å²) in [4.78, 5) is 0. The lowest BCUT2D eigenvalue weighted by Gasteiger charge is -2.23. The minimum Gasteiger partial charge on any atom is -0.228 e. The van der Waals surface area contributed by atoms with Crippen LogP contribution in [0.4, 0.5) is 0 Å². The van der Waals surface area contributed by atoms with E-state index in [1.165, 1.54) is 18.4 Å². The Morgan fingerprint density at radius 3 is 2.33 bits per heavy atom. The SMILES string of the molecule is CN(C)S(=O)(=O)N1CC[C@@H](c2ccccc2)S(=O)(=O)CC1. The second kappa shape index (κ2) is 6.04. The molecule has 8 heteroatoms. The summed E-state index contributed by atoms with van der Waals surface area (Å²) in [6, 6.07) is 8.97. The van der Waals surface area contributed by atoms with Crippen molar-refractivity contribution in [3.8, 4) is 0 Å². The van der Waals surface area contributed by atoms with Gasteiger partial charge in [-0.05, 0) is 12.0 Å². The molecule has 0 saturated carbocycles. The molecule has 1 aliphatic rings. The van der Waals surface area contributed by atoms with Gasteiger partial charge in [0.1, 0.15) is 0 Å². The highest BCUT2D eigenvalue weighted by Gasteiger charge is 2.35. The van der Waals surface area contributed by atoms with E-state index in [-0.39, 0.29) is 25.3 Å². The molecular weight excluding hydrogens is 312 g/mol. The molecule has 0 N–H and O–H groups in total. The topological polar surface area (TPSA) is 74.8 Å². The molecule has 0 aliphatic carbocycles. The molecule has 1 aromatic rings. The van der Waals surface area contributed by atoms with Crippen LogP contribution in [0.1, 0.15) is 17.2 Å². The van der Waals surface area contributed by atoms with Crippen LogP contribution in [0.15, 0.2) is 30.3 Å². The zero-order valence-corrected chi connectivity index (χ0v) is 13.8. The summed E-state index contributed by atoms with van der Waals surface area (Å²) < 4.78 is 51.5. The first kappa shape index (κ1) is 16.4. The lowest BCUT2D eigenvalue weighted by molar-refractivity contribution is 0.387. The van der Waals surface area contributed by atoms with Crippen molar-refractivity contribution >= 4 is 20.0 Å². The van der Waals surface area contributed by atoms with Gasteiger partial charge in [0.25, 0.3) is 10.2 Å². The molecule has 0 aromatic heterocycles. The summed E-state index contributed by atoms with van der Waals surface area (Å²) in [6.07, 6.45) is 0.277. The highest BCUT2D eigenvalue weighted by Crippen LogP contribution is 2.30. The number of sulfone groups is 1. The summed E-state index contributed by atoms with van der Waals surface area (Å²) in [5, 5.41) is -0.638. The van der Waals surface area contributed by atoms with Gasteiger partial charge in [-0.1, -0.05) is 30.3 Å². The Bertz CT molecular complexity index is 684. The Hall–Kier alpha value is -0.960. The number of hydrogen-bond donors (Lipinski definition) is 0. The molecule has 2 rings (SSSR count). The van der Waals surface area contributed by atoms with Crippen molar-refractivity contribution in [3.05, 3.63) is 35.9 Å². The van der Waals surface area contributed by atoms with Crippen LogP contribution in [0, 0.1) is 0 Å². The Kier molecular flexibility index (Phi) is 4.72. The molecule has 1 atom stereocenters. The van der Waals surface area contributed by atoms with Crippen molar-refractivity contribution in [1.82, 2.24) is 8.61 Å². The monoisotopic (exact) mass is 332 g/mol. The molecule has 1 fully saturated rings. The average molecular weight is 332 g/mol. The van der Waals surface area contributed by atoms with Gasteiger partial charge in [0.05, 0.1) is 11.0 Å². The quantitative estimate of drug-likeness (QED) is 0.815. The van der Waals surface area contributed by atoms with E-state index in [0.717, 1.165) is 9.87 Å². The fourth-order valence-electron chi connectivity index (χ4n) is 2.43. The van der Waals surface area contributed by atoms with Gasteiger partial charge in [0, 0.05) is 27.2 Å². The van der Waals surface area contributed by atoms with E-state index in [4.69, 9.17) is 0 Å². The van der Waals surface area contributed by atoms with Crippen molar-refractivity contribution in [2.24, 2.45) is 0 Å². The van der Waals surface area contributed by atoms with Crippen molar-refractivity contribution in [3.63, 3.8) is 0 Å². The first-order chi connectivity index (χ1) is 9.75. The van der Waals surface area contributed by atoms with Gasteiger partial charge in [-0.15, -0.1) is 0 Å². The van der Waals surface area contributed by atoms with E-state index in [0.29, 0.717) is 0 Å². The van der Waals surface area contributed by atoms with Crippen molar-refractivity contribution in [1.29, 1.82) is 0 Å². The third-order valence-corrected chi connectivity index (χ3v) is 7.73. The maximum Gasteiger partial charge on any atom is 0.281 e. The van der Waals surface area contributed by atoms with Crippen LogP contribution in [0.5, 0.6) is 0 Å². The molecule has 0 spiro atoms. The van der Waals surface area contributed by atoms with Crippen molar-refractivity contribution in [2.75, 3.05) is 32.9 Å². The number of rotatable bonds is 3. The Morgan fingerprint density at radius 2 is 1.76 bits per heavy atom. The van der Waals surface area contributed by atoms with Crippen LogP contribution in [0.3, 0.4) is 0 Å². The van der Waals surface area contributed by atoms with Crippen molar-refractivity contribution in [2.45, 2.75) is 11.7 Å². The summed E-state index contributed by atoms with van der Waals surface area (Å²) in [5.74, 6) is -0.153. The van der Waals surface area contributed by atoms with Crippen LogP contribution in [-0.2, 0) is 20.0 Å². The number of benzene rings is 1. The summed E-state index contributed by atoms with van der Waals surface area (Å²) >= 11 is 0. The zero-order valence-electron chi connectivity index (χ0n) is 12.1. The van der Waals surface area contributed by atoms with E-state index < -0.39 is 25.3 Å². The molecule has 118 valence electrons. The predicted octanol–water partition coefficient (Wildman–Crippen LogP) is 0.655. The molecule has 1 heterocycles. The second-order valence-corrected chi connectivity index (χ2v) is 9.69. The van der Waals surface area contributed by atoms with Crippen LogP contribution in [-0.4, -0.2) is 58.4 Å². The van der Waals surface area contributed by atoms with Gasteiger partial charge >= 0.3 is 0 Å². The molecule has 0 amide bonds. The standard InChI is InChI=1S/C13H20N2O4S2/c1-14(2)21(18,19)15-9-8-13(20(16,17)11-10-15)12-6-4-3-5-7-12/h3-7,13H,8-11H2,1-2H3/t13-/m0/s1. The average Bonchev–Trinajstić information content (AvgIpc) is 2.58. The van der Waals surface area contributed by atoms with E-state index >= 15 is 0 Å². The second-order valence-electron chi connectivity index (χ2n) is 5.24. The van der Waals surface area contributed by atoms with E-state index in [1.54, 1.807) is 24.3 Å². The largest absolute Gasteiger partial charge is 0.281 e. The van der Waals surface area contributed by atoms with Gasteiger partial charge in [0.2, 0.25) is 0 Å². The lowest BCUT2D eigenvalue weighted by atomic mass is 10.1. The van der Waals surface area contributed by atoms with Gasteiger partial charge in [-0.25, -0.2) is 8.42 Å². The maximum atomic E-state index is 12.4. The fourth-order valence-corrected chi connectivity index (χ4v) is 5.46. The smallest absolute Gasteiger partial charge is 0.228 e. The molecule has 1 aromatic carbocycles. The van der Waals surface area contributed by atoms with E-state index in [2.05, 4.69) is 0 Å². The highest BCUT2D eigenvalue weighted by molar-refractivity contribution is 7.91. The zero-order chi connectivity index (χ0) is 15.7. The molecule has 1 saturated heterocycles. The van der Waals surface area contributed by atoms with Crippen LogP contribution < -0.4 is 0 Å². The molecule has 6 nitrogen and oxygen atoms in total. The lowest BCUT2D eigenvalue weighted by Crippen LogP contribution is -2.41. The molecule has 0 bridgehead atoms. The minimum absolute atomic E-state index is 0.00613. The Morgan fingerprint density at radius 1 is 1.14 bits per heavy atom. The molecule has 21 heavy (non-hydrogen) atoms. The summed E-state index contributed by atoms with van der Waals surface area (Å²) in [6.45, 7) is 0.214. The molecule has 1 aliphatic heterocycles. The van der Waals surface area contributed by atoms with Gasteiger partial charge in [0.15, 0.2) is 9.84 Å². The van der Waals surface area contributed by atoms with E-state index in [9.17, 15) is 16.8 Å². The van der Waals surface area contributed by atoms with Gasteiger partial charge in [-0.2, -0.15) is 17.0 Å². The van der Waals surface area contributed by atoms with Crippen LogP contribution >= 0.6 is 0 Å². The van der Waals surface area contributed by atoms with Crippen LogP contribution in [0.25, 0.3) is 0 Å². The van der Waals surface area contributed by atoms with Gasteiger partial charge < -0.3 is 0 Å². The molecule has 0 radical (unpaired) electrons. The fraction of sp³-hybridized carbons (Fsp3) is 0.538. The number of hydrogen-bond acceptors (Lipinski definition) is 4. The number of nitrogens with zero attached hydrogens (tertiary/aromatic N) is 2. The first-order valence-electron chi connectivity index (χ1n) is 6.69. The third kappa shape index (κ3) is 3.45. The predicted molar refractivity (Wildman–Crippen MR) is 81.8 cm³/mol. The van der Waals surface area contributed by atoms with Gasteiger partial charge in [-0.3, -0.25) is 0 Å². The normalized spacial score (nSPS) is 23.9. The Labute approximate surface area is 126 Å². The Balaban J connectivity index is 2.30. The summed E-state index contributed by atoms with van der Waals surface area (Å²) in [5.41, 5.74) is 0.724.